The van der Waals surface area contributed by atoms with E-state index >= 15 is 0 Å². The normalized spacial score (nSPS) is 26.0. The molecule has 1 fully saturated rings. The zero-order valence-corrected chi connectivity index (χ0v) is 12.7. The van der Waals surface area contributed by atoms with Crippen LogP contribution in [0.25, 0.3) is 0 Å². The molecule has 2 unspecified atom stereocenters. The predicted octanol–water partition coefficient (Wildman–Crippen LogP) is 1.79. The number of nitrogens with one attached hydrogen (secondary N) is 2. The minimum absolute atomic E-state index is 0.0189. The molecule has 1 aromatic rings. The molecule has 2 rings (SSSR count). The van der Waals surface area contributed by atoms with Gasteiger partial charge >= 0.3 is 0 Å². The van der Waals surface area contributed by atoms with Crippen LogP contribution < -0.4 is 10.0 Å². The second-order valence-corrected chi connectivity index (χ2v) is 8.66. The Kier molecular flexibility index (Phi) is 4.25. The fraction of sp³-hybridized carbons (Fsp3) is 0.600. The van der Waals surface area contributed by atoms with Gasteiger partial charge in [-0.1, -0.05) is 6.92 Å². The summed E-state index contributed by atoms with van der Waals surface area (Å²) in [6.07, 6.45) is 1.00. The van der Waals surface area contributed by atoms with E-state index in [9.17, 15) is 8.42 Å². The monoisotopic (exact) mass is 338 g/mol. The number of hydrogen-bond acceptors (Lipinski definition) is 4. The Balaban J connectivity index is 2.11. The lowest BCUT2D eigenvalue weighted by Gasteiger charge is -2.29. The molecule has 0 saturated carbocycles. The molecule has 17 heavy (non-hydrogen) atoms. The Morgan fingerprint density at radius 1 is 1.53 bits per heavy atom. The third kappa shape index (κ3) is 3.29. The first-order chi connectivity index (χ1) is 7.99. The smallest absolute Gasteiger partial charge is 0.250 e. The lowest BCUT2D eigenvalue weighted by molar-refractivity contribution is 0.327. The second-order valence-electron chi connectivity index (χ2n) is 4.26. The van der Waals surface area contributed by atoms with Gasteiger partial charge in [0.05, 0.1) is 3.79 Å². The summed E-state index contributed by atoms with van der Waals surface area (Å²) in [5.74, 6) is 0.370. The standard InChI is InChI=1S/C10H15BrN2O2S2/c1-7-4-5-12-6-8(7)13-17(14,15)10-3-2-9(11)16-10/h2-3,7-8,12-13H,4-6H2,1H3. The highest BCUT2D eigenvalue weighted by Crippen LogP contribution is 2.26. The van der Waals surface area contributed by atoms with Crippen molar-refractivity contribution in [3.8, 4) is 0 Å². The molecule has 2 atom stereocenters. The molecule has 1 aromatic heterocycles. The molecule has 1 aliphatic heterocycles. The maximum absolute atomic E-state index is 12.1. The first-order valence-corrected chi connectivity index (χ1v) is 8.57. The first-order valence-electron chi connectivity index (χ1n) is 5.47. The number of thiophene rings is 1. The molecule has 0 bridgehead atoms. The predicted molar refractivity (Wildman–Crippen MR) is 72.8 cm³/mol. The van der Waals surface area contributed by atoms with Crippen LogP contribution >= 0.6 is 27.3 Å². The van der Waals surface area contributed by atoms with Crippen molar-refractivity contribution in [1.29, 1.82) is 0 Å². The summed E-state index contributed by atoms with van der Waals surface area (Å²) >= 11 is 4.51. The second kappa shape index (κ2) is 5.36. The van der Waals surface area contributed by atoms with Crippen LogP contribution in [0.2, 0.25) is 0 Å². The zero-order valence-electron chi connectivity index (χ0n) is 9.44. The van der Waals surface area contributed by atoms with E-state index in [-0.39, 0.29) is 6.04 Å². The quantitative estimate of drug-likeness (QED) is 0.883. The molecule has 0 aliphatic carbocycles. The van der Waals surface area contributed by atoms with Crippen molar-refractivity contribution in [1.82, 2.24) is 10.0 Å². The van der Waals surface area contributed by atoms with E-state index in [1.54, 1.807) is 12.1 Å². The molecule has 4 nitrogen and oxygen atoms in total. The lowest BCUT2D eigenvalue weighted by atomic mass is 9.96. The van der Waals surface area contributed by atoms with Crippen LogP contribution in [0.4, 0.5) is 0 Å². The van der Waals surface area contributed by atoms with Crippen LogP contribution in [0.3, 0.4) is 0 Å². The molecular weight excluding hydrogens is 324 g/mol. The molecule has 96 valence electrons. The van der Waals surface area contributed by atoms with Crippen LogP contribution in [-0.2, 0) is 10.0 Å². The van der Waals surface area contributed by atoms with Crippen molar-refractivity contribution in [2.45, 2.75) is 23.6 Å². The van der Waals surface area contributed by atoms with Crippen molar-refractivity contribution in [3.05, 3.63) is 15.9 Å². The maximum atomic E-state index is 12.1. The molecule has 7 heteroatoms. The van der Waals surface area contributed by atoms with E-state index in [0.717, 1.165) is 16.8 Å². The lowest BCUT2D eigenvalue weighted by Crippen LogP contribution is -2.49. The van der Waals surface area contributed by atoms with Gasteiger partial charge in [-0.3, -0.25) is 0 Å². The average molecular weight is 339 g/mol. The molecular formula is C10H15BrN2O2S2. The number of halogens is 1. The highest BCUT2D eigenvalue weighted by atomic mass is 79.9. The summed E-state index contributed by atoms with van der Waals surface area (Å²) in [7, 11) is -3.37. The van der Waals surface area contributed by atoms with Gasteiger partial charge in [-0.05, 0) is 46.9 Å². The Hall–Kier alpha value is 0.0500. The van der Waals surface area contributed by atoms with Gasteiger partial charge in [-0.25, -0.2) is 13.1 Å². The average Bonchev–Trinajstić information content (AvgIpc) is 2.69. The van der Waals surface area contributed by atoms with Crippen molar-refractivity contribution >= 4 is 37.3 Å². The Morgan fingerprint density at radius 3 is 2.88 bits per heavy atom. The van der Waals surface area contributed by atoms with Crippen LogP contribution in [0.5, 0.6) is 0 Å². The van der Waals surface area contributed by atoms with Gasteiger partial charge in [-0.15, -0.1) is 11.3 Å². The topological polar surface area (TPSA) is 58.2 Å². The molecule has 1 aliphatic rings. The van der Waals surface area contributed by atoms with E-state index in [0.29, 0.717) is 16.7 Å². The van der Waals surface area contributed by atoms with E-state index in [4.69, 9.17) is 0 Å². The fourth-order valence-electron chi connectivity index (χ4n) is 1.85. The van der Waals surface area contributed by atoms with Gasteiger partial charge in [-0.2, -0.15) is 0 Å². The van der Waals surface area contributed by atoms with Gasteiger partial charge in [0.25, 0.3) is 0 Å². The number of rotatable bonds is 3. The summed E-state index contributed by atoms with van der Waals surface area (Å²) < 4.78 is 28.2. The van der Waals surface area contributed by atoms with Crippen LogP contribution in [0, 0.1) is 5.92 Å². The van der Waals surface area contributed by atoms with Gasteiger partial charge in [0.2, 0.25) is 10.0 Å². The SMILES string of the molecule is CC1CCNCC1NS(=O)(=O)c1ccc(Br)s1. The molecule has 0 radical (unpaired) electrons. The maximum Gasteiger partial charge on any atom is 0.250 e. The van der Waals surface area contributed by atoms with Crippen molar-refractivity contribution in [2.24, 2.45) is 5.92 Å². The molecule has 0 aromatic carbocycles. The molecule has 0 spiro atoms. The zero-order chi connectivity index (χ0) is 12.5. The largest absolute Gasteiger partial charge is 0.315 e. The van der Waals surface area contributed by atoms with Crippen LogP contribution in [0.1, 0.15) is 13.3 Å². The highest BCUT2D eigenvalue weighted by Gasteiger charge is 2.27. The fourth-order valence-corrected chi connectivity index (χ4v) is 5.22. The van der Waals surface area contributed by atoms with Gasteiger partial charge in [0.15, 0.2) is 0 Å². The highest BCUT2D eigenvalue weighted by molar-refractivity contribution is 9.11. The summed E-state index contributed by atoms with van der Waals surface area (Å²) in [6, 6.07) is 3.36. The molecule has 2 heterocycles. The Morgan fingerprint density at radius 2 is 2.29 bits per heavy atom. The van der Waals surface area contributed by atoms with Crippen molar-refractivity contribution in [3.63, 3.8) is 0 Å². The summed E-state index contributed by atoms with van der Waals surface area (Å²) in [5.41, 5.74) is 0. The van der Waals surface area contributed by atoms with E-state index < -0.39 is 10.0 Å². The van der Waals surface area contributed by atoms with Gasteiger partial charge in [0, 0.05) is 12.6 Å². The number of hydrogen-bond donors (Lipinski definition) is 2. The third-order valence-electron chi connectivity index (χ3n) is 2.95. The van der Waals surface area contributed by atoms with Crippen molar-refractivity contribution < 1.29 is 8.42 Å². The van der Waals surface area contributed by atoms with E-state index in [1.165, 1.54) is 11.3 Å². The number of sulfonamides is 1. The molecule has 0 amide bonds. The summed E-state index contributed by atoms with van der Waals surface area (Å²) in [5, 5.41) is 3.21. The van der Waals surface area contributed by atoms with E-state index in [2.05, 4.69) is 32.9 Å². The first kappa shape index (κ1) is 13.5. The summed E-state index contributed by atoms with van der Waals surface area (Å²) in [4.78, 5) is 0. The van der Waals surface area contributed by atoms with Crippen molar-refractivity contribution in [2.75, 3.05) is 13.1 Å². The van der Waals surface area contributed by atoms with Crippen LogP contribution in [0.15, 0.2) is 20.1 Å². The summed E-state index contributed by atoms with van der Waals surface area (Å²) in [6.45, 7) is 3.75. The molecule has 1 saturated heterocycles. The van der Waals surface area contributed by atoms with Crippen LogP contribution in [-0.4, -0.2) is 27.5 Å². The minimum atomic E-state index is -3.37. The van der Waals surface area contributed by atoms with Gasteiger partial charge in [0.1, 0.15) is 4.21 Å². The third-order valence-corrected chi connectivity index (χ3v) is 6.55. The Bertz CT molecular complexity index is 486. The number of piperidine rings is 1. The van der Waals surface area contributed by atoms with E-state index in [1.807, 2.05) is 0 Å². The van der Waals surface area contributed by atoms with Gasteiger partial charge < -0.3 is 5.32 Å². The molecule has 2 N–H and O–H groups in total. The minimum Gasteiger partial charge on any atom is -0.315 e. The Labute approximate surface area is 114 Å².